The molecule has 0 radical (unpaired) electrons. The van der Waals surface area contributed by atoms with Crippen LogP contribution in [0.2, 0.25) is 0 Å². The summed E-state index contributed by atoms with van der Waals surface area (Å²) >= 11 is 0. The van der Waals surface area contributed by atoms with Crippen molar-refractivity contribution >= 4 is 22.0 Å². The average molecular weight is 475 g/mol. The second kappa shape index (κ2) is 11.2. The lowest BCUT2D eigenvalue weighted by Crippen LogP contribution is -2.51. The fourth-order valence-corrected chi connectivity index (χ4v) is 4.39. The number of rotatable bonds is 8. The number of nitrogens with zero attached hydrogens (tertiary/aromatic N) is 1. The van der Waals surface area contributed by atoms with Crippen LogP contribution in [0.4, 0.5) is 4.79 Å². The van der Waals surface area contributed by atoms with Gasteiger partial charge < -0.3 is 10.1 Å². The Labute approximate surface area is 194 Å². The number of nitrogens with one attached hydrogen (secondary N) is 3. The molecule has 0 bridgehead atoms. The highest BCUT2D eigenvalue weighted by molar-refractivity contribution is 7.90. The van der Waals surface area contributed by atoms with Gasteiger partial charge in [-0.25, -0.2) is 22.9 Å². The molecule has 0 unspecified atom stereocenters. The van der Waals surface area contributed by atoms with Gasteiger partial charge in [-0.3, -0.25) is 10.2 Å². The Kier molecular flexibility index (Phi) is 8.29. The number of carbonyl (C=O) groups excluding carboxylic acids is 2. The van der Waals surface area contributed by atoms with Gasteiger partial charge in [0.25, 0.3) is 15.9 Å². The van der Waals surface area contributed by atoms with Crippen LogP contribution in [0, 0.1) is 5.92 Å². The first-order valence-corrected chi connectivity index (χ1v) is 12.3. The summed E-state index contributed by atoms with van der Waals surface area (Å²) in [5.41, 5.74) is 3.94. The summed E-state index contributed by atoms with van der Waals surface area (Å²) in [6.07, 6.45) is 2.43. The number of urea groups is 1. The Morgan fingerprint density at radius 1 is 1.09 bits per heavy atom. The molecule has 2 aromatic carbocycles. The molecule has 1 aliphatic heterocycles. The maximum atomic E-state index is 12.5. The standard InChI is InChI=1S/C23H30N4O5S/c1-17-11-14-27(15-12-17)25-23(29)26-33(30,31)21-8-6-18(7-9-21)10-13-24-22(28)19-4-3-5-20(16-19)32-2/h3-9,16-17H,10-15H2,1-2H3,(H,24,28)(H2,25,26,29). The number of hydrogen-bond acceptors (Lipinski definition) is 6. The number of methoxy groups -OCH3 is 1. The van der Waals surface area contributed by atoms with Gasteiger partial charge in [0.1, 0.15) is 5.75 Å². The summed E-state index contributed by atoms with van der Waals surface area (Å²) in [6.45, 7) is 3.92. The zero-order chi connectivity index (χ0) is 23.8. The molecular formula is C23H30N4O5S. The van der Waals surface area contributed by atoms with Crippen molar-refractivity contribution < 1.29 is 22.7 Å². The maximum Gasteiger partial charge on any atom is 0.343 e. The Hall–Kier alpha value is -3.11. The molecule has 0 spiro atoms. The molecule has 178 valence electrons. The van der Waals surface area contributed by atoms with E-state index in [1.54, 1.807) is 41.4 Å². The normalized spacial score (nSPS) is 15.0. The van der Waals surface area contributed by atoms with E-state index in [0.29, 0.717) is 43.3 Å². The minimum absolute atomic E-state index is 0.00548. The van der Waals surface area contributed by atoms with Crippen molar-refractivity contribution in [3.63, 3.8) is 0 Å². The van der Waals surface area contributed by atoms with Crippen molar-refractivity contribution in [2.24, 2.45) is 5.92 Å². The quantitative estimate of drug-likeness (QED) is 0.541. The fourth-order valence-electron chi connectivity index (χ4n) is 3.49. The van der Waals surface area contributed by atoms with Crippen LogP contribution in [0.5, 0.6) is 5.75 Å². The first-order valence-electron chi connectivity index (χ1n) is 10.9. The number of sulfonamides is 1. The number of ether oxygens (including phenoxy) is 1. The molecule has 3 amide bonds. The van der Waals surface area contributed by atoms with Crippen molar-refractivity contribution in [3.8, 4) is 5.75 Å². The minimum atomic E-state index is -3.98. The molecule has 9 nitrogen and oxygen atoms in total. The van der Waals surface area contributed by atoms with Crippen molar-refractivity contribution in [2.75, 3.05) is 26.7 Å². The Morgan fingerprint density at radius 3 is 2.45 bits per heavy atom. The molecule has 1 aliphatic rings. The average Bonchev–Trinajstić information content (AvgIpc) is 2.80. The van der Waals surface area contributed by atoms with E-state index in [1.807, 2.05) is 4.72 Å². The van der Waals surface area contributed by atoms with Crippen LogP contribution < -0.4 is 20.2 Å². The van der Waals surface area contributed by atoms with E-state index in [4.69, 9.17) is 4.74 Å². The summed E-state index contributed by atoms with van der Waals surface area (Å²) in [5.74, 6) is 0.988. The fraction of sp³-hybridized carbons (Fsp3) is 0.391. The monoisotopic (exact) mass is 474 g/mol. The van der Waals surface area contributed by atoms with Crippen LogP contribution >= 0.6 is 0 Å². The maximum absolute atomic E-state index is 12.5. The summed E-state index contributed by atoms with van der Waals surface area (Å²) in [7, 11) is -2.45. The lowest BCUT2D eigenvalue weighted by molar-refractivity contribution is 0.0953. The van der Waals surface area contributed by atoms with Gasteiger partial charge in [-0.15, -0.1) is 0 Å². The van der Waals surface area contributed by atoms with Crippen LogP contribution in [-0.4, -0.2) is 52.1 Å². The third kappa shape index (κ3) is 7.19. The lowest BCUT2D eigenvalue weighted by atomic mass is 10.0. The predicted molar refractivity (Wildman–Crippen MR) is 124 cm³/mol. The lowest BCUT2D eigenvalue weighted by Gasteiger charge is -2.30. The molecule has 1 heterocycles. The van der Waals surface area contributed by atoms with E-state index in [1.165, 1.54) is 19.2 Å². The van der Waals surface area contributed by atoms with Gasteiger partial charge in [0.05, 0.1) is 12.0 Å². The van der Waals surface area contributed by atoms with Gasteiger partial charge in [0.15, 0.2) is 0 Å². The second-order valence-electron chi connectivity index (χ2n) is 8.10. The van der Waals surface area contributed by atoms with Crippen LogP contribution in [0.15, 0.2) is 53.4 Å². The summed E-state index contributed by atoms with van der Waals surface area (Å²) in [5, 5.41) is 4.56. The number of benzene rings is 2. The van der Waals surface area contributed by atoms with Gasteiger partial charge in [0, 0.05) is 25.2 Å². The molecule has 1 saturated heterocycles. The SMILES string of the molecule is COc1cccc(C(=O)NCCc2ccc(S(=O)(=O)NC(=O)NN3CCC(C)CC3)cc2)c1. The number of amides is 3. The molecule has 2 aromatic rings. The van der Waals surface area contributed by atoms with Crippen LogP contribution in [0.3, 0.4) is 0 Å². The van der Waals surface area contributed by atoms with Crippen molar-refractivity contribution in [2.45, 2.75) is 31.1 Å². The number of carbonyl (C=O) groups is 2. The van der Waals surface area contributed by atoms with Gasteiger partial charge in [-0.1, -0.05) is 25.1 Å². The van der Waals surface area contributed by atoms with Crippen LogP contribution in [0.1, 0.15) is 35.7 Å². The van der Waals surface area contributed by atoms with Crippen LogP contribution in [0.25, 0.3) is 0 Å². The third-order valence-electron chi connectivity index (χ3n) is 5.54. The number of hydrazine groups is 1. The van der Waals surface area contributed by atoms with Crippen LogP contribution in [-0.2, 0) is 16.4 Å². The van der Waals surface area contributed by atoms with E-state index >= 15 is 0 Å². The molecule has 33 heavy (non-hydrogen) atoms. The molecule has 3 rings (SSSR count). The van der Waals surface area contributed by atoms with Gasteiger partial charge in [0.2, 0.25) is 0 Å². The molecule has 0 atom stereocenters. The Bertz CT molecular complexity index is 1060. The zero-order valence-electron chi connectivity index (χ0n) is 18.8. The van der Waals surface area contributed by atoms with Gasteiger partial charge in [-0.05, 0) is 61.1 Å². The molecule has 0 saturated carbocycles. The zero-order valence-corrected chi connectivity index (χ0v) is 19.7. The van der Waals surface area contributed by atoms with E-state index < -0.39 is 16.1 Å². The topological polar surface area (TPSA) is 117 Å². The first-order chi connectivity index (χ1) is 15.8. The van der Waals surface area contributed by atoms with Crippen molar-refractivity contribution in [3.05, 3.63) is 59.7 Å². The summed E-state index contributed by atoms with van der Waals surface area (Å²) in [4.78, 5) is 24.4. The minimum Gasteiger partial charge on any atom is -0.497 e. The first kappa shape index (κ1) is 24.5. The largest absolute Gasteiger partial charge is 0.497 e. The molecular weight excluding hydrogens is 444 g/mol. The Morgan fingerprint density at radius 2 is 1.79 bits per heavy atom. The Balaban J connectivity index is 1.48. The van der Waals surface area contributed by atoms with Crippen molar-refractivity contribution in [1.82, 2.24) is 20.5 Å². The summed E-state index contributed by atoms with van der Waals surface area (Å²) < 4.78 is 32.2. The number of hydrogen-bond donors (Lipinski definition) is 3. The van der Waals surface area contributed by atoms with E-state index in [9.17, 15) is 18.0 Å². The van der Waals surface area contributed by atoms with Crippen molar-refractivity contribution in [1.29, 1.82) is 0 Å². The summed E-state index contributed by atoms with van der Waals surface area (Å²) in [6, 6.07) is 12.3. The second-order valence-corrected chi connectivity index (χ2v) is 9.78. The van der Waals surface area contributed by atoms with Gasteiger partial charge in [-0.2, -0.15) is 0 Å². The third-order valence-corrected chi connectivity index (χ3v) is 6.88. The smallest absolute Gasteiger partial charge is 0.343 e. The molecule has 1 fully saturated rings. The molecule has 0 aromatic heterocycles. The van der Waals surface area contributed by atoms with E-state index in [0.717, 1.165) is 18.4 Å². The molecule has 0 aliphatic carbocycles. The van der Waals surface area contributed by atoms with E-state index in [-0.39, 0.29) is 10.8 Å². The molecule has 10 heteroatoms. The highest BCUT2D eigenvalue weighted by atomic mass is 32.2. The number of piperidine rings is 1. The molecule has 3 N–H and O–H groups in total. The van der Waals surface area contributed by atoms with Gasteiger partial charge >= 0.3 is 6.03 Å². The highest BCUT2D eigenvalue weighted by Crippen LogP contribution is 2.15. The predicted octanol–water partition coefficient (Wildman–Crippen LogP) is 2.30. The van der Waals surface area contributed by atoms with E-state index in [2.05, 4.69) is 17.7 Å². The highest BCUT2D eigenvalue weighted by Gasteiger charge is 2.21.